The van der Waals surface area contributed by atoms with Crippen molar-refractivity contribution in [1.29, 1.82) is 0 Å². The molecule has 1 aromatic heterocycles. The molecule has 2 aromatic rings. The molecule has 1 aromatic carbocycles. The molecule has 1 unspecified atom stereocenters. The van der Waals surface area contributed by atoms with Gasteiger partial charge in [-0.1, -0.05) is 0 Å². The monoisotopic (exact) mass is 440 g/mol. The van der Waals surface area contributed by atoms with Gasteiger partial charge in [0.25, 0.3) is 0 Å². The molecule has 2 aliphatic heterocycles. The first-order valence-corrected chi connectivity index (χ1v) is 9.47. The summed E-state index contributed by atoms with van der Waals surface area (Å²) in [5.74, 6) is -3.00. The zero-order chi connectivity index (χ0) is 22.7. The van der Waals surface area contributed by atoms with E-state index in [2.05, 4.69) is 0 Å². The summed E-state index contributed by atoms with van der Waals surface area (Å²) in [4.78, 5) is 37.2. The topological polar surface area (TPSA) is 104 Å². The van der Waals surface area contributed by atoms with Crippen LogP contribution >= 0.6 is 0 Å². The molecule has 1 saturated heterocycles. The number of halogens is 3. The van der Waals surface area contributed by atoms with E-state index in [-0.39, 0.29) is 17.5 Å². The molecule has 12 heteroatoms. The van der Waals surface area contributed by atoms with Crippen LogP contribution in [0.3, 0.4) is 0 Å². The van der Waals surface area contributed by atoms with Gasteiger partial charge in [-0.05, 0) is 25.5 Å². The Bertz CT molecular complexity index is 1150. The lowest BCUT2D eigenvalue weighted by Crippen LogP contribution is -2.46. The molecule has 9 nitrogen and oxygen atoms in total. The number of nitrogens with zero attached hydrogens (tertiary/aromatic N) is 3. The molecule has 4 rings (SSSR count). The first-order valence-electron chi connectivity index (χ1n) is 9.47. The Kier molecular flexibility index (Phi) is 4.74. The fourth-order valence-electron chi connectivity index (χ4n) is 3.91. The number of aromatic carboxylic acids is 1. The van der Waals surface area contributed by atoms with Crippen molar-refractivity contribution in [3.63, 3.8) is 0 Å². The summed E-state index contributed by atoms with van der Waals surface area (Å²) < 4.78 is 45.2. The van der Waals surface area contributed by atoms with Crippen molar-refractivity contribution < 1.29 is 32.6 Å². The number of ether oxygens (including phenoxy) is 1. The molecule has 0 bridgehead atoms. The second-order valence-electron chi connectivity index (χ2n) is 7.53. The lowest BCUT2D eigenvalue weighted by Gasteiger charge is -2.37. The Morgan fingerprint density at radius 3 is 2.65 bits per heavy atom. The highest BCUT2D eigenvalue weighted by Crippen LogP contribution is 2.40. The first-order chi connectivity index (χ1) is 14.5. The van der Waals surface area contributed by atoms with Gasteiger partial charge in [-0.15, -0.1) is 0 Å². The van der Waals surface area contributed by atoms with E-state index < -0.39 is 35.8 Å². The lowest BCUT2D eigenvalue weighted by atomic mass is 10.1. The number of benzene rings is 1. The summed E-state index contributed by atoms with van der Waals surface area (Å²) in [7, 11) is 1.67. The summed E-state index contributed by atoms with van der Waals surface area (Å²) in [6, 6.07) is 2.37. The number of anilines is 1. The van der Waals surface area contributed by atoms with Crippen molar-refractivity contribution in [2.75, 3.05) is 30.0 Å². The molecule has 2 aliphatic rings. The number of nitrogens with one attached hydrogen (secondary N) is 1. The average molecular weight is 440 g/mol. The van der Waals surface area contributed by atoms with Crippen LogP contribution in [0.25, 0.3) is 10.9 Å². The van der Waals surface area contributed by atoms with Crippen molar-refractivity contribution in [3.05, 3.63) is 34.1 Å². The smallest absolute Gasteiger partial charge is 0.471 e. The number of hydrogen-bond acceptors (Lipinski definition) is 6. The quantitative estimate of drug-likeness (QED) is 0.741. The van der Waals surface area contributed by atoms with E-state index in [1.165, 1.54) is 16.9 Å². The number of alkyl halides is 3. The molecule has 166 valence electrons. The molecular weight excluding hydrogens is 421 g/mol. The lowest BCUT2D eigenvalue weighted by molar-refractivity contribution is -0.174. The number of amides is 1. The Morgan fingerprint density at radius 2 is 2.00 bits per heavy atom. The van der Waals surface area contributed by atoms with Crippen LogP contribution in [0.2, 0.25) is 0 Å². The summed E-state index contributed by atoms with van der Waals surface area (Å²) in [5.41, 5.74) is -0.124. The van der Waals surface area contributed by atoms with Gasteiger partial charge in [0.1, 0.15) is 11.1 Å². The highest BCUT2D eigenvalue weighted by Gasteiger charge is 2.41. The van der Waals surface area contributed by atoms with Crippen LogP contribution in [0.1, 0.15) is 23.7 Å². The van der Waals surface area contributed by atoms with E-state index >= 15 is 0 Å². The minimum atomic E-state index is -4.95. The van der Waals surface area contributed by atoms with E-state index in [1.54, 1.807) is 29.9 Å². The van der Waals surface area contributed by atoms with Crippen molar-refractivity contribution in [2.45, 2.75) is 31.8 Å². The van der Waals surface area contributed by atoms with Gasteiger partial charge in [-0.25, -0.2) is 4.79 Å². The molecule has 1 amide bonds. The molecule has 3 heterocycles. The number of carboxylic acids is 1. The molecule has 0 saturated carbocycles. The second-order valence-corrected chi connectivity index (χ2v) is 7.53. The Morgan fingerprint density at radius 1 is 1.29 bits per heavy atom. The molecule has 0 aliphatic carbocycles. The predicted molar refractivity (Wildman–Crippen MR) is 104 cm³/mol. The van der Waals surface area contributed by atoms with E-state index in [9.17, 15) is 32.7 Å². The summed E-state index contributed by atoms with van der Waals surface area (Å²) in [6.07, 6.45) is -3.93. The molecule has 31 heavy (non-hydrogen) atoms. The number of rotatable bonds is 3. The van der Waals surface area contributed by atoms with Crippen molar-refractivity contribution >= 4 is 28.5 Å². The highest BCUT2D eigenvalue weighted by molar-refractivity contribution is 5.97. The molecule has 2 N–H and O–H groups in total. The minimum Gasteiger partial charge on any atom is -0.477 e. The number of hydrogen-bond donors (Lipinski definition) is 2. The van der Waals surface area contributed by atoms with Crippen LogP contribution in [0.15, 0.2) is 23.1 Å². The maximum Gasteiger partial charge on any atom is 0.471 e. The van der Waals surface area contributed by atoms with Gasteiger partial charge in [0, 0.05) is 32.4 Å². The number of aromatic nitrogens is 1. The first kappa shape index (κ1) is 20.8. The van der Waals surface area contributed by atoms with Gasteiger partial charge >= 0.3 is 18.1 Å². The van der Waals surface area contributed by atoms with Crippen LogP contribution in [-0.4, -0.2) is 60.2 Å². The van der Waals surface area contributed by atoms with E-state index in [1.807, 2.05) is 5.32 Å². The fraction of sp³-hybridized carbons (Fsp3) is 0.421. The molecule has 1 fully saturated rings. The standard InChI is InChI=1S/C19H19F3N4O5/c1-9-24(2)26-8-12(17(28)29)15(27)11-3-4-13(16(31-9)14(11)26)25-6-5-10(7-25)23-18(30)19(20,21)22/h3-4,8-10H,5-7H2,1-2H3,(H,23,30)(H,28,29)/t9?,10-/m0/s1. The zero-order valence-corrected chi connectivity index (χ0v) is 16.6. The molecule has 0 radical (unpaired) electrons. The Hall–Kier alpha value is -3.44. The van der Waals surface area contributed by atoms with Gasteiger partial charge in [0.05, 0.1) is 11.1 Å². The van der Waals surface area contributed by atoms with E-state index in [4.69, 9.17) is 4.74 Å². The summed E-state index contributed by atoms with van der Waals surface area (Å²) in [6.45, 7) is 2.23. The number of carboxylic acid groups (broad SMARTS) is 1. The number of carbonyl (C=O) groups excluding carboxylic acids is 1. The predicted octanol–water partition coefficient (Wildman–Crippen LogP) is 1.26. The summed E-state index contributed by atoms with van der Waals surface area (Å²) in [5, 5.41) is 13.2. The van der Waals surface area contributed by atoms with E-state index in [0.717, 1.165) is 0 Å². The van der Waals surface area contributed by atoms with Gasteiger partial charge in [-0.3, -0.25) is 19.3 Å². The van der Waals surface area contributed by atoms with Crippen LogP contribution in [0, 0.1) is 0 Å². The highest BCUT2D eigenvalue weighted by atomic mass is 19.4. The molecule has 2 atom stereocenters. The van der Waals surface area contributed by atoms with Gasteiger partial charge < -0.3 is 20.1 Å². The minimum absolute atomic E-state index is 0.130. The zero-order valence-electron chi connectivity index (χ0n) is 16.6. The van der Waals surface area contributed by atoms with Crippen molar-refractivity contribution in [3.8, 4) is 5.75 Å². The average Bonchev–Trinajstić information content (AvgIpc) is 3.14. The van der Waals surface area contributed by atoms with Crippen LogP contribution in [0.4, 0.5) is 18.9 Å². The SMILES string of the molecule is CC1Oc2c(N3CC[C@H](NC(=O)C(F)(F)F)C3)ccc3c(=O)c(C(=O)O)cn(c23)N1C. The third kappa shape index (κ3) is 3.41. The molecule has 0 spiro atoms. The second kappa shape index (κ2) is 7.06. The third-order valence-corrected chi connectivity index (χ3v) is 5.59. The fourth-order valence-corrected chi connectivity index (χ4v) is 3.91. The van der Waals surface area contributed by atoms with Gasteiger partial charge in [-0.2, -0.15) is 13.2 Å². The normalized spacial score (nSPS) is 20.7. The van der Waals surface area contributed by atoms with Crippen LogP contribution in [-0.2, 0) is 4.79 Å². The number of pyridine rings is 1. The maximum absolute atomic E-state index is 12.7. The van der Waals surface area contributed by atoms with Crippen molar-refractivity contribution in [2.24, 2.45) is 0 Å². The molecular formula is C19H19F3N4O5. The number of carbonyl (C=O) groups is 2. The summed E-state index contributed by atoms with van der Waals surface area (Å²) >= 11 is 0. The van der Waals surface area contributed by atoms with Gasteiger partial charge in [0.15, 0.2) is 12.0 Å². The van der Waals surface area contributed by atoms with E-state index in [0.29, 0.717) is 29.9 Å². The largest absolute Gasteiger partial charge is 0.477 e. The third-order valence-electron chi connectivity index (χ3n) is 5.59. The Labute approximate surface area is 173 Å². The van der Waals surface area contributed by atoms with Crippen molar-refractivity contribution in [1.82, 2.24) is 9.99 Å². The van der Waals surface area contributed by atoms with Crippen LogP contribution < -0.4 is 25.4 Å². The Balaban J connectivity index is 1.76. The van der Waals surface area contributed by atoms with Gasteiger partial charge in [0.2, 0.25) is 5.43 Å². The maximum atomic E-state index is 12.7. The van der Waals surface area contributed by atoms with Crippen LogP contribution in [0.5, 0.6) is 5.75 Å².